The summed E-state index contributed by atoms with van der Waals surface area (Å²) in [5.41, 5.74) is 1.05. The molecule has 1 N–H and O–H groups in total. The third-order valence-electron chi connectivity index (χ3n) is 3.19. The molecule has 0 unspecified atom stereocenters. The van der Waals surface area contributed by atoms with E-state index in [1.54, 1.807) is 12.1 Å². The average molecular weight is 320 g/mol. The van der Waals surface area contributed by atoms with E-state index in [0.717, 1.165) is 11.8 Å². The minimum Gasteiger partial charge on any atom is -0.468 e. The molecule has 2 rings (SSSR count). The molecular weight excluding hydrogens is 307 g/mol. The molecule has 0 radical (unpaired) electrons. The third-order valence-corrected chi connectivity index (χ3v) is 4.18. The summed E-state index contributed by atoms with van der Waals surface area (Å²) in [5, 5.41) is 12.3. The number of carbonyl (C=O) groups is 2. The Morgan fingerprint density at radius 3 is 2.77 bits per heavy atom. The van der Waals surface area contributed by atoms with Crippen molar-refractivity contribution in [3.8, 4) is 6.07 Å². The van der Waals surface area contributed by atoms with Gasteiger partial charge >= 0.3 is 5.97 Å². The highest BCUT2D eigenvalue weighted by atomic mass is 32.2. The van der Waals surface area contributed by atoms with Crippen LogP contribution in [0, 0.1) is 17.1 Å². The van der Waals surface area contributed by atoms with Gasteiger partial charge in [-0.2, -0.15) is 5.26 Å². The molecule has 1 atom stereocenters. The fourth-order valence-electron chi connectivity index (χ4n) is 2.10. The molecule has 1 aromatic carbocycles. The van der Waals surface area contributed by atoms with E-state index in [0.29, 0.717) is 16.2 Å². The number of nitrogens with zero attached hydrogens (tertiary/aromatic N) is 1. The second-order valence-corrected chi connectivity index (χ2v) is 5.56. The van der Waals surface area contributed by atoms with Gasteiger partial charge in [-0.1, -0.05) is 23.9 Å². The summed E-state index contributed by atoms with van der Waals surface area (Å²) in [6.45, 7) is 0. The molecule has 0 fully saturated rings. The first-order chi connectivity index (χ1) is 10.5. The molecule has 0 bridgehead atoms. The number of nitrogens with one attached hydrogen (secondary N) is 1. The zero-order valence-electron chi connectivity index (χ0n) is 11.8. The van der Waals surface area contributed by atoms with Crippen LogP contribution in [0.25, 0.3) is 0 Å². The highest BCUT2D eigenvalue weighted by Gasteiger charge is 2.29. The number of hydrogen-bond acceptors (Lipinski definition) is 5. The van der Waals surface area contributed by atoms with Crippen molar-refractivity contribution >= 4 is 23.6 Å². The van der Waals surface area contributed by atoms with Crippen LogP contribution in [0.5, 0.6) is 0 Å². The van der Waals surface area contributed by atoms with Gasteiger partial charge in [0.1, 0.15) is 5.82 Å². The molecule has 1 aromatic rings. The Balaban J connectivity index is 2.32. The lowest BCUT2D eigenvalue weighted by atomic mass is 9.87. The number of nitriles is 1. The van der Waals surface area contributed by atoms with Gasteiger partial charge in [-0.25, -0.2) is 4.39 Å². The van der Waals surface area contributed by atoms with Gasteiger partial charge in [-0.05, 0) is 17.7 Å². The molecule has 0 saturated heterocycles. The van der Waals surface area contributed by atoms with Crippen LogP contribution in [0.1, 0.15) is 17.9 Å². The van der Waals surface area contributed by atoms with Crippen molar-refractivity contribution in [2.45, 2.75) is 12.3 Å². The molecule has 1 aliphatic rings. The van der Waals surface area contributed by atoms with Gasteiger partial charge in [0.05, 0.1) is 29.5 Å². The fraction of sp³-hybridized carbons (Fsp3) is 0.267. The van der Waals surface area contributed by atoms with Gasteiger partial charge in [-0.3, -0.25) is 9.59 Å². The largest absolute Gasteiger partial charge is 0.468 e. The van der Waals surface area contributed by atoms with Crippen LogP contribution in [-0.2, 0) is 14.3 Å². The minimum absolute atomic E-state index is 0.00652. The Kier molecular flexibility index (Phi) is 5.17. The number of carbonyl (C=O) groups excluding carboxylic acids is 2. The topological polar surface area (TPSA) is 79.2 Å². The first-order valence-corrected chi connectivity index (χ1v) is 7.43. The minimum atomic E-state index is -0.451. The van der Waals surface area contributed by atoms with Crippen molar-refractivity contribution in [2.75, 3.05) is 12.9 Å². The van der Waals surface area contributed by atoms with Crippen LogP contribution in [0.2, 0.25) is 0 Å². The van der Waals surface area contributed by atoms with Crippen molar-refractivity contribution in [3.63, 3.8) is 0 Å². The first-order valence-electron chi connectivity index (χ1n) is 6.44. The monoisotopic (exact) mass is 320 g/mol. The number of ether oxygens (including phenoxy) is 1. The van der Waals surface area contributed by atoms with E-state index in [9.17, 15) is 19.2 Å². The maximum Gasteiger partial charge on any atom is 0.316 e. The predicted molar refractivity (Wildman–Crippen MR) is 79.0 cm³/mol. The van der Waals surface area contributed by atoms with E-state index in [4.69, 9.17) is 0 Å². The molecule has 5 nitrogen and oxygen atoms in total. The number of halogens is 1. The standard InChI is InChI=1S/C15H13FN2O3S/c1-21-14(20)8-22-15-12(7-17)11(6-13(19)18-15)9-2-4-10(16)5-3-9/h2-5,11H,6,8H2,1H3,(H,18,19)/t11-/m0/s1. The number of thioether (sulfide) groups is 1. The molecule has 0 saturated carbocycles. The zero-order valence-corrected chi connectivity index (χ0v) is 12.6. The number of hydrogen-bond donors (Lipinski definition) is 1. The summed E-state index contributed by atoms with van der Waals surface area (Å²) in [6.07, 6.45) is 0.108. The highest BCUT2D eigenvalue weighted by Crippen LogP contribution is 2.35. The van der Waals surface area contributed by atoms with Crippen molar-refractivity contribution in [2.24, 2.45) is 0 Å². The van der Waals surface area contributed by atoms with E-state index in [1.165, 1.54) is 19.2 Å². The first kappa shape index (κ1) is 16.0. The van der Waals surface area contributed by atoms with E-state index >= 15 is 0 Å². The summed E-state index contributed by atoms with van der Waals surface area (Å²) in [4.78, 5) is 23.1. The van der Waals surface area contributed by atoms with Crippen LogP contribution in [-0.4, -0.2) is 24.7 Å². The second-order valence-electron chi connectivity index (χ2n) is 4.58. The number of methoxy groups -OCH3 is 1. The number of rotatable bonds is 4. The summed E-state index contributed by atoms with van der Waals surface area (Å²) >= 11 is 1.04. The van der Waals surface area contributed by atoms with Gasteiger partial charge in [0.25, 0.3) is 0 Å². The summed E-state index contributed by atoms with van der Waals surface area (Å²) < 4.78 is 17.6. The molecule has 1 heterocycles. The van der Waals surface area contributed by atoms with Crippen LogP contribution in [0.4, 0.5) is 4.39 Å². The smallest absolute Gasteiger partial charge is 0.316 e. The number of esters is 1. The molecule has 1 amide bonds. The molecule has 0 aromatic heterocycles. The Hall–Kier alpha value is -2.33. The Labute approximate surface area is 131 Å². The van der Waals surface area contributed by atoms with Crippen molar-refractivity contribution < 1.29 is 18.7 Å². The lowest BCUT2D eigenvalue weighted by Gasteiger charge is -2.24. The lowest BCUT2D eigenvalue weighted by Crippen LogP contribution is -2.31. The number of allylic oxidation sites excluding steroid dienone is 1. The average Bonchev–Trinajstić information content (AvgIpc) is 2.52. The predicted octanol–water partition coefficient (Wildman–Crippen LogP) is 2.07. The normalized spacial score (nSPS) is 17.7. The number of benzene rings is 1. The molecule has 1 aliphatic heterocycles. The van der Waals surface area contributed by atoms with Crippen LogP contribution >= 0.6 is 11.8 Å². The van der Waals surface area contributed by atoms with E-state index in [1.807, 2.05) is 0 Å². The summed E-state index contributed by atoms with van der Waals surface area (Å²) in [5.74, 6) is -1.53. The quantitative estimate of drug-likeness (QED) is 0.859. The van der Waals surface area contributed by atoms with Gasteiger partial charge in [0.15, 0.2) is 0 Å². The maximum absolute atomic E-state index is 13.0. The molecule has 114 valence electrons. The van der Waals surface area contributed by atoms with Gasteiger partial charge in [-0.15, -0.1) is 0 Å². The maximum atomic E-state index is 13.0. The third kappa shape index (κ3) is 3.65. The van der Waals surface area contributed by atoms with Gasteiger partial charge < -0.3 is 10.1 Å². The molecule has 7 heteroatoms. The second kappa shape index (κ2) is 7.09. The van der Waals surface area contributed by atoms with Crippen LogP contribution in [0.3, 0.4) is 0 Å². The number of amides is 1. The van der Waals surface area contributed by atoms with Crippen LogP contribution in [0.15, 0.2) is 34.9 Å². The van der Waals surface area contributed by atoms with Crippen molar-refractivity contribution in [3.05, 3.63) is 46.2 Å². The Bertz CT molecular complexity index is 664. The van der Waals surface area contributed by atoms with Crippen LogP contribution < -0.4 is 5.32 Å². The van der Waals surface area contributed by atoms with E-state index in [-0.39, 0.29) is 23.9 Å². The SMILES string of the molecule is COC(=O)CSC1=C(C#N)[C@H](c2ccc(F)cc2)CC(=O)N1. The fourth-order valence-corrected chi connectivity index (χ4v) is 3.01. The van der Waals surface area contributed by atoms with Crippen molar-refractivity contribution in [1.82, 2.24) is 5.32 Å². The molecular formula is C15H13FN2O3S. The van der Waals surface area contributed by atoms with Gasteiger partial charge in [0, 0.05) is 12.3 Å². The molecule has 0 aliphatic carbocycles. The molecule has 0 spiro atoms. The van der Waals surface area contributed by atoms with Crippen molar-refractivity contribution in [1.29, 1.82) is 5.26 Å². The lowest BCUT2D eigenvalue weighted by molar-refractivity contribution is -0.137. The van der Waals surface area contributed by atoms with E-state index < -0.39 is 11.9 Å². The highest BCUT2D eigenvalue weighted by molar-refractivity contribution is 8.03. The molecule has 22 heavy (non-hydrogen) atoms. The Morgan fingerprint density at radius 2 is 2.18 bits per heavy atom. The Morgan fingerprint density at radius 1 is 1.50 bits per heavy atom. The van der Waals surface area contributed by atoms with Gasteiger partial charge in [0.2, 0.25) is 5.91 Å². The summed E-state index contributed by atoms with van der Waals surface area (Å²) in [7, 11) is 1.27. The summed E-state index contributed by atoms with van der Waals surface area (Å²) in [6, 6.07) is 7.77. The zero-order chi connectivity index (χ0) is 16.1. The van der Waals surface area contributed by atoms with E-state index in [2.05, 4.69) is 16.1 Å².